The highest BCUT2D eigenvalue weighted by molar-refractivity contribution is 9.10. The number of ether oxygens (including phenoxy) is 2. The molecule has 424 valence electrons. The monoisotopic (exact) mass is 1180 g/mol. The maximum Gasteiger partial charge on any atom is 0.495 e. The topological polar surface area (TPSA) is 189 Å². The summed E-state index contributed by atoms with van der Waals surface area (Å²) in [6, 6.07) is 22.8. The number of hydrogen-bond donors (Lipinski definition) is 0. The van der Waals surface area contributed by atoms with Crippen molar-refractivity contribution in [2.75, 3.05) is 66.5 Å². The van der Waals surface area contributed by atoms with Crippen LogP contribution in [0.15, 0.2) is 99.2 Å². The number of carbonyl (C=O) groups excluding carboxylic acids is 2. The largest absolute Gasteiger partial charge is 0.495 e. The highest BCUT2D eigenvalue weighted by atomic mass is 79.9. The van der Waals surface area contributed by atoms with Gasteiger partial charge >= 0.3 is 21.1 Å². The molecule has 78 heavy (non-hydrogen) atoms. The Hall–Kier alpha value is -4.01. The number of aldehydes is 2. The average Bonchev–Trinajstić information content (AvgIpc) is 4.08. The molecule has 0 amide bonds. The summed E-state index contributed by atoms with van der Waals surface area (Å²) >= 11 is 3.29. The first-order valence-electron chi connectivity index (χ1n) is 26.0. The summed E-state index contributed by atoms with van der Waals surface area (Å²) in [6.45, 7) is 28.8. The van der Waals surface area contributed by atoms with E-state index in [9.17, 15) is 26.4 Å². The third-order valence-electron chi connectivity index (χ3n) is 15.9. The maximum absolute atomic E-state index is 12.9. The number of hydrogen-bond acceptors (Lipinski definition) is 16. The second-order valence-corrected chi connectivity index (χ2v) is 27.8. The molecule has 5 aliphatic rings. The summed E-state index contributed by atoms with van der Waals surface area (Å²) in [4.78, 5) is 27.5. The van der Waals surface area contributed by atoms with Crippen LogP contribution >= 0.6 is 15.9 Å². The Kier molecular flexibility index (Phi) is 18.5. The molecule has 0 radical (unpaired) electrons. The second-order valence-electron chi connectivity index (χ2n) is 23.1. The zero-order chi connectivity index (χ0) is 57.4. The Morgan fingerprint density at radius 3 is 1.12 bits per heavy atom. The summed E-state index contributed by atoms with van der Waals surface area (Å²) in [5, 5.41) is 0. The molecular weight excluding hydrogens is 1110 g/mol. The number of rotatable bonds is 12. The molecule has 5 fully saturated rings. The van der Waals surface area contributed by atoms with Gasteiger partial charge in [-0.1, -0.05) is 22.0 Å². The number of nitrogens with zero attached hydrogens (tertiary/aromatic N) is 4. The van der Waals surface area contributed by atoms with Gasteiger partial charge in [-0.05, 0) is 182 Å². The summed E-state index contributed by atoms with van der Waals surface area (Å²) in [7, 11) is -4.68. The maximum atomic E-state index is 12.9. The molecule has 0 aliphatic carbocycles. The van der Waals surface area contributed by atoms with Crippen molar-refractivity contribution in [3.8, 4) is 23.0 Å². The van der Waals surface area contributed by atoms with Gasteiger partial charge in [-0.25, -0.2) is 16.8 Å². The molecule has 5 heterocycles. The van der Waals surface area contributed by atoms with E-state index < -0.39 is 52.4 Å². The van der Waals surface area contributed by atoms with Crippen LogP contribution in [0.2, 0.25) is 0 Å². The lowest BCUT2D eigenvalue weighted by molar-refractivity contribution is 0.00578. The predicted molar refractivity (Wildman–Crippen MR) is 307 cm³/mol. The summed E-state index contributed by atoms with van der Waals surface area (Å²) < 4.78 is 103. The number of halogens is 1. The highest BCUT2D eigenvalue weighted by Crippen LogP contribution is 2.43. The Bertz CT molecular complexity index is 2930. The van der Waals surface area contributed by atoms with Crippen LogP contribution in [0.4, 0.5) is 0 Å². The van der Waals surface area contributed by atoms with E-state index in [4.69, 9.17) is 37.4 Å². The fourth-order valence-corrected chi connectivity index (χ4v) is 11.7. The van der Waals surface area contributed by atoms with Crippen molar-refractivity contribution in [1.82, 2.24) is 18.4 Å². The van der Waals surface area contributed by atoms with Crippen LogP contribution in [0.25, 0.3) is 0 Å². The molecule has 0 N–H and O–H groups in total. The Labute approximate surface area is 472 Å². The summed E-state index contributed by atoms with van der Waals surface area (Å²) in [5.41, 5.74) is -0.944. The van der Waals surface area contributed by atoms with E-state index in [0.717, 1.165) is 25.7 Å². The number of piperazine rings is 2. The van der Waals surface area contributed by atoms with Gasteiger partial charge in [-0.2, -0.15) is 8.61 Å². The third-order valence-corrected chi connectivity index (χ3v) is 20.4. The fourth-order valence-electron chi connectivity index (χ4n) is 8.56. The van der Waals surface area contributed by atoms with E-state index in [0.29, 0.717) is 83.3 Å². The normalized spacial score (nSPS) is 22.0. The van der Waals surface area contributed by atoms with Gasteiger partial charge in [-0.3, -0.25) is 9.59 Å². The Morgan fingerprint density at radius 2 is 0.769 bits per heavy atom. The molecule has 0 saturated carbocycles. The standard InChI is InChI=1S/C24H31BN2O6S.C18H19BrN2O4S.C12H24B2O4.H2/c1-23(2)24(3,4)33-25(32-23)22-11-8-20(16-18(22)17-28)31-19-6-9-21(10-7-19)34(29,30)27-14-12-26(5)13-15-27;1-20-8-10-21(11-9-20)26(23,24)17-5-2-15(3-6-17)25-16-4-7-18(19)14(12-16)13-22;1-9(2)10(3,4)16-13(15-9)14-17-11(5,6)12(7,8)18-14;/h6-11,16-17H,12-15H2,1-5H3;2-7,12-13H,8-11H2,1H3;1-8H3;1H/i;;;1+1. The van der Waals surface area contributed by atoms with E-state index in [1.165, 1.54) is 8.61 Å². The molecule has 0 unspecified atom stereocenters. The van der Waals surface area contributed by atoms with Crippen molar-refractivity contribution >= 4 is 75.1 Å². The van der Waals surface area contributed by atoms with Gasteiger partial charge < -0.3 is 47.2 Å². The van der Waals surface area contributed by atoms with Gasteiger partial charge in [0.1, 0.15) is 29.3 Å². The lowest BCUT2D eigenvalue weighted by Crippen LogP contribution is -2.46. The molecule has 9 rings (SSSR count). The molecule has 0 spiro atoms. The van der Waals surface area contributed by atoms with E-state index >= 15 is 0 Å². The third kappa shape index (κ3) is 13.7. The summed E-state index contributed by atoms with van der Waals surface area (Å²) in [6.07, 6.45) is 1.49. The number of carbonyl (C=O) groups is 2. The molecule has 0 aromatic heterocycles. The van der Waals surface area contributed by atoms with Crippen molar-refractivity contribution < 1.29 is 65.3 Å². The van der Waals surface area contributed by atoms with Crippen molar-refractivity contribution in [3.05, 3.63) is 101 Å². The lowest BCUT2D eigenvalue weighted by Gasteiger charge is -2.32. The van der Waals surface area contributed by atoms with Crippen LogP contribution in [0.1, 0.15) is 105 Å². The first kappa shape index (κ1) is 61.6. The fraction of sp³-hybridized carbons (Fsp3) is 0.519. The van der Waals surface area contributed by atoms with E-state index in [1.807, 2.05) is 97.2 Å². The minimum absolute atomic E-state index is 0. The minimum atomic E-state index is -3.54. The van der Waals surface area contributed by atoms with Crippen LogP contribution in [-0.4, -0.2) is 169 Å². The molecular formula is C54H76B3BrN4O14S2. The molecule has 4 aromatic rings. The van der Waals surface area contributed by atoms with Gasteiger partial charge in [-0.15, -0.1) is 0 Å². The smallest absolute Gasteiger partial charge is 0.457 e. The van der Waals surface area contributed by atoms with Crippen LogP contribution in [-0.2, 0) is 48.0 Å². The number of sulfonamides is 2. The first-order valence-corrected chi connectivity index (χ1v) is 29.7. The van der Waals surface area contributed by atoms with Crippen molar-refractivity contribution in [3.63, 3.8) is 0 Å². The molecule has 5 saturated heterocycles. The number of likely N-dealkylation sites (N-methyl/N-ethyl adjacent to an activating group) is 2. The highest BCUT2D eigenvalue weighted by Gasteiger charge is 2.64. The zero-order valence-electron chi connectivity index (χ0n) is 47.3. The van der Waals surface area contributed by atoms with Crippen molar-refractivity contribution in [2.45, 2.75) is 126 Å². The van der Waals surface area contributed by atoms with Crippen LogP contribution in [0, 0.1) is 0 Å². The molecule has 18 nitrogen and oxygen atoms in total. The van der Waals surface area contributed by atoms with Gasteiger partial charge in [0.2, 0.25) is 20.0 Å². The van der Waals surface area contributed by atoms with E-state index in [-0.39, 0.29) is 33.6 Å². The molecule has 24 heteroatoms. The van der Waals surface area contributed by atoms with Gasteiger partial charge in [0.15, 0.2) is 6.29 Å². The molecule has 5 aliphatic heterocycles. The molecule has 0 atom stereocenters. The van der Waals surface area contributed by atoms with E-state index in [2.05, 4.69) is 25.7 Å². The first-order chi connectivity index (χ1) is 36.2. The Balaban J connectivity index is 0.000000199. The quantitative estimate of drug-likeness (QED) is 0.0979. The predicted octanol–water partition coefficient (Wildman–Crippen LogP) is 8.01. The minimum Gasteiger partial charge on any atom is -0.457 e. The lowest BCUT2D eigenvalue weighted by atomic mass is 9.49. The van der Waals surface area contributed by atoms with Crippen LogP contribution < -0.4 is 14.9 Å². The zero-order valence-corrected chi connectivity index (χ0v) is 50.5. The molecule has 0 bridgehead atoms. The van der Waals surface area contributed by atoms with Crippen LogP contribution in [0.3, 0.4) is 0 Å². The van der Waals surface area contributed by atoms with Crippen molar-refractivity contribution in [1.29, 1.82) is 0 Å². The summed E-state index contributed by atoms with van der Waals surface area (Å²) in [5.74, 6) is 1.93. The van der Waals surface area contributed by atoms with Gasteiger partial charge in [0.05, 0.1) is 43.4 Å². The number of benzene rings is 4. The molecule has 4 aromatic carbocycles. The van der Waals surface area contributed by atoms with Crippen molar-refractivity contribution in [2.24, 2.45) is 0 Å². The van der Waals surface area contributed by atoms with Gasteiger partial charge in [0.25, 0.3) is 0 Å². The Morgan fingerprint density at radius 1 is 0.462 bits per heavy atom. The second kappa shape index (κ2) is 23.5. The van der Waals surface area contributed by atoms with Crippen LogP contribution in [0.5, 0.6) is 23.0 Å². The SMILES string of the molecule is CC1(C)OB(B2OC(C)(C)C(C)(C)O2)OC1(C)C.CN1CCN(S(=O)(=O)c2ccc(Oc3ccc(B4OC(C)(C)C(C)(C)O4)c(C=O)c3)cc2)CC1.CN1CCN(S(=O)(=O)c2ccc(Oc3ccc(Br)c(C=O)c3)cc2)CC1.[2HH]. The average molecular weight is 1180 g/mol. The van der Waals surface area contributed by atoms with E-state index in [1.54, 1.807) is 84.9 Å². The van der Waals surface area contributed by atoms with Gasteiger partial charge in [0, 0.05) is 69.4 Å².